The lowest BCUT2D eigenvalue weighted by atomic mass is 9.94. The van der Waals surface area contributed by atoms with Crippen molar-refractivity contribution in [3.63, 3.8) is 0 Å². The third kappa shape index (κ3) is 5.64. The Hall–Kier alpha value is -4.40. The molecule has 9 nitrogen and oxygen atoms in total. The quantitative estimate of drug-likeness (QED) is 0.321. The van der Waals surface area contributed by atoms with Crippen molar-refractivity contribution in [1.82, 2.24) is 20.3 Å². The Kier molecular flexibility index (Phi) is 8.28. The Labute approximate surface area is 234 Å². The van der Waals surface area contributed by atoms with Gasteiger partial charge in [-0.2, -0.15) is 0 Å². The van der Waals surface area contributed by atoms with Crippen molar-refractivity contribution in [2.75, 3.05) is 19.1 Å². The lowest BCUT2D eigenvalue weighted by Crippen LogP contribution is -2.48. The van der Waals surface area contributed by atoms with E-state index in [2.05, 4.69) is 15.6 Å². The second-order valence-corrected chi connectivity index (χ2v) is 10.2. The second kappa shape index (κ2) is 12.2. The molecule has 0 unspecified atom stereocenters. The maximum absolute atomic E-state index is 14.3. The maximum Gasteiger partial charge on any atom is 0.249 e. The minimum atomic E-state index is -1.02. The topological polar surface area (TPSA) is 98.6 Å². The fraction of sp³-hybridized carbons (Fsp3) is 0.355. The molecule has 1 atom stereocenters. The fourth-order valence-electron chi connectivity index (χ4n) is 5.43. The normalized spacial score (nSPS) is 14.5. The lowest BCUT2D eigenvalue weighted by Gasteiger charge is -2.34. The van der Waals surface area contributed by atoms with Crippen LogP contribution >= 0.6 is 0 Å². The standard InChI is InChI=1S/C31H35N5O4/c1-21-16-18-23(19-17-21)36(28(37)20-35-26-14-8-7-13-25(26)33-34-35)29(31(38)32-22-10-5-4-6-11-22)24-12-9-15-27(39-2)30(24)40-3/h7-9,12-19,22,29H,4-6,10-11,20H2,1-3H3,(H,32,38)/t29-/m0/s1. The number of carbonyl (C=O) groups excluding carboxylic acids is 2. The summed E-state index contributed by atoms with van der Waals surface area (Å²) in [6.45, 7) is 1.88. The fourth-order valence-corrected chi connectivity index (χ4v) is 5.43. The van der Waals surface area contributed by atoms with E-state index >= 15 is 0 Å². The average molecular weight is 542 g/mol. The van der Waals surface area contributed by atoms with E-state index in [0.717, 1.165) is 36.8 Å². The molecule has 1 fully saturated rings. The van der Waals surface area contributed by atoms with Crippen LogP contribution in [-0.2, 0) is 16.1 Å². The molecule has 5 rings (SSSR count). The molecule has 2 amide bonds. The molecular weight excluding hydrogens is 506 g/mol. The van der Waals surface area contributed by atoms with Crippen molar-refractivity contribution in [2.24, 2.45) is 0 Å². The first kappa shape index (κ1) is 27.2. The Balaban J connectivity index is 1.62. The second-order valence-electron chi connectivity index (χ2n) is 10.2. The highest BCUT2D eigenvalue weighted by Gasteiger charge is 2.37. The Morgan fingerprint density at radius 2 is 1.73 bits per heavy atom. The minimum Gasteiger partial charge on any atom is -0.493 e. The Bertz CT molecular complexity index is 1480. The van der Waals surface area contributed by atoms with Crippen LogP contribution in [0.1, 0.15) is 49.3 Å². The van der Waals surface area contributed by atoms with Gasteiger partial charge in [0.1, 0.15) is 18.1 Å². The predicted molar refractivity (Wildman–Crippen MR) is 153 cm³/mol. The molecule has 40 heavy (non-hydrogen) atoms. The van der Waals surface area contributed by atoms with Gasteiger partial charge in [0.2, 0.25) is 11.8 Å². The van der Waals surface area contributed by atoms with Crippen molar-refractivity contribution in [2.45, 2.75) is 57.7 Å². The van der Waals surface area contributed by atoms with Gasteiger partial charge in [0.25, 0.3) is 0 Å². The molecule has 0 spiro atoms. The first-order chi connectivity index (χ1) is 19.5. The van der Waals surface area contributed by atoms with Crippen molar-refractivity contribution in [1.29, 1.82) is 0 Å². The van der Waals surface area contributed by atoms with E-state index in [1.54, 1.807) is 28.8 Å². The molecule has 1 aliphatic carbocycles. The first-order valence-electron chi connectivity index (χ1n) is 13.7. The van der Waals surface area contributed by atoms with E-state index in [1.807, 2.05) is 61.5 Å². The lowest BCUT2D eigenvalue weighted by molar-refractivity contribution is -0.127. The number of hydrogen-bond acceptors (Lipinski definition) is 6. The van der Waals surface area contributed by atoms with E-state index < -0.39 is 6.04 Å². The maximum atomic E-state index is 14.3. The van der Waals surface area contributed by atoms with Crippen LogP contribution in [0.4, 0.5) is 5.69 Å². The molecule has 1 aliphatic rings. The van der Waals surface area contributed by atoms with Gasteiger partial charge in [-0.25, -0.2) is 4.68 Å². The first-order valence-corrected chi connectivity index (χ1v) is 13.7. The van der Waals surface area contributed by atoms with Crippen molar-refractivity contribution < 1.29 is 19.1 Å². The van der Waals surface area contributed by atoms with Crippen LogP contribution in [0.3, 0.4) is 0 Å². The van der Waals surface area contributed by atoms with Crippen LogP contribution in [0.15, 0.2) is 66.7 Å². The van der Waals surface area contributed by atoms with Crippen LogP contribution in [0.2, 0.25) is 0 Å². The van der Waals surface area contributed by atoms with Crippen LogP contribution in [0.5, 0.6) is 11.5 Å². The predicted octanol–water partition coefficient (Wildman–Crippen LogP) is 4.98. The summed E-state index contributed by atoms with van der Waals surface area (Å²) in [7, 11) is 3.09. The molecular formula is C31H35N5O4. The Morgan fingerprint density at radius 1 is 0.975 bits per heavy atom. The summed E-state index contributed by atoms with van der Waals surface area (Å²) in [6.07, 6.45) is 5.13. The molecule has 1 aromatic heterocycles. The molecule has 0 bridgehead atoms. The van der Waals surface area contributed by atoms with E-state index in [0.29, 0.717) is 28.3 Å². The molecule has 9 heteroatoms. The molecule has 0 aliphatic heterocycles. The van der Waals surface area contributed by atoms with Crippen LogP contribution in [-0.4, -0.2) is 47.1 Å². The smallest absolute Gasteiger partial charge is 0.249 e. The summed E-state index contributed by atoms with van der Waals surface area (Å²) in [4.78, 5) is 30.1. The monoisotopic (exact) mass is 541 g/mol. The highest BCUT2D eigenvalue weighted by molar-refractivity contribution is 6.02. The van der Waals surface area contributed by atoms with Gasteiger partial charge >= 0.3 is 0 Å². The van der Waals surface area contributed by atoms with Gasteiger partial charge in [0.05, 0.1) is 19.7 Å². The SMILES string of the molecule is COc1cccc([C@@H](C(=O)NC2CCCCC2)N(C(=O)Cn2nnc3ccccc32)c2ccc(C)cc2)c1OC. The summed E-state index contributed by atoms with van der Waals surface area (Å²) in [5.41, 5.74) is 3.60. The Morgan fingerprint density at radius 3 is 2.45 bits per heavy atom. The number of para-hydroxylation sites is 2. The van der Waals surface area contributed by atoms with Gasteiger partial charge in [-0.05, 0) is 50.1 Å². The number of aryl methyl sites for hydroxylation is 1. The zero-order valence-electron chi connectivity index (χ0n) is 23.2. The van der Waals surface area contributed by atoms with Gasteiger partial charge in [-0.3, -0.25) is 14.5 Å². The molecule has 0 radical (unpaired) electrons. The van der Waals surface area contributed by atoms with E-state index in [4.69, 9.17) is 9.47 Å². The highest BCUT2D eigenvalue weighted by atomic mass is 16.5. The van der Waals surface area contributed by atoms with Crippen molar-refractivity contribution in [3.8, 4) is 11.5 Å². The molecule has 208 valence electrons. The van der Waals surface area contributed by atoms with E-state index in [-0.39, 0.29) is 24.4 Å². The third-order valence-electron chi connectivity index (χ3n) is 7.47. The summed E-state index contributed by atoms with van der Waals surface area (Å²) in [6, 6.07) is 19.5. The van der Waals surface area contributed by atoms with Gasteiger partial charge in [-0.15, -0.1) is 5.10 Å². The summed E-state index contributed by atoms with van der Waals surface area (Å²) < 4.78 is 12.9. The van der Waals surface area contributed by atoms with Gasteiger partial charge in [-0.1, -0.05) is 66.4 Å². The zero-order chi connectivity index (χ0) is 28.1. The number of nitrogens with one attached hydrogen (secondary N) is 1. The number of anilines is 1. The highest BCUT2D eigenvalue weighted by Crippen LogP contribution is 2.39. The number of ether oxygens (including phenoxy) is 2. The average Bonchev–Trinajstić information content (AvgIpc) is 3.39. The molecule has 1 N–H and O–H groups in total. The van der Waals surface area contributed by atoms with Crippen LogP contribution < -0.4 is 19.7 Å². The van der Waals surface area contributed by atoms with Gasteiger partial charge < -0.3 is 14.8 Å². The van der Waals surface area contributed by atoms with Crippen LogP contribution in [0.25, 0.3) is 11.0 Å². The zero-order valence-corrected chi connectivity index (χ0v) is 23.2. The summed E-state index contributed by atoms with van der Waals surface area (Å²) >= 11 is 0. The largest absolute Gasteiger partial charge is 0.493 e. The summed E-state index contributed by atoms with van der Waals surface area (Å²) in [5, 5.41) is 11.7. The van der Waals surface area contributed by atoms with E-state index in [9.17, 15) is 9.59 Å². The number of rotatable bonds is 9. The molecule has 1 saturated carbocycles. The summed E-state index contributed by atoms with van der Waals surface area (Å²) in [5.74, 6) is 0.308. The number of hydrogen-bond donors (Lipinski definition) is 1. The molecule has 4 aromatic rings. The van der Waals surface area contributed by atoms with E-state index in [1.165, 1.54) is 13.5 Å². The molecule has 0 saturated heterocycles. The number of methoxy groups -OCH3 is 2. The minimum absolute atomic E-state index is 0.0505. The van der Waals surface area contributed by atoms with Gasteiger partial charge in [0, 0.05) is 17.3 Å². The molecule has 1 heterocycles. The van der Waals surface area contributed by atoms with Crippen LogP contribution in [0, 0.1) is 6.92 Å². The third-order valence-corrected chi connectivity index (χ3v) is 7.47. The van der Waals surface area contributed by atoms with Gasteiger partial charge in [0.15, 0.2) is 11.5 Å². The number of fused-ring (bicyclic) bond motifs is 1. The number of aromatic nitrogens is 3. The number of carbonyl (C=O) groups is 2. The van der Waals surface area contributed by atoms with Crippen molar-refractivity contribution >= 4 is 28.5 Å². The number of nitrogens with zero attached hydrogens (tertiary/aromatic N) is 4. The molecule has 3 aromatic carbocycles. The number of amides is 2. The number of benzene rings is 3. The van der Waals surface area contributed by atoms with Crippen molar-refractivity contribution in [3.05, 3.63) is 77.9 Å².